The molecule has 2 aromatic rings. The van der Waals surface area contributed by atoms with Crippen LogP contribution in [0.25, 0.3) is 10.8 Å². The topological polar surface area (TPSA) is 58.4 Å². The molecule has 3 rings (SSSR count). The Morgan fingerprint density at radius 2 is 2.36 bits per heavy atom. The summed E-state index contributed by atoms with van der Waals surface area (Å²) in [6.45, 7) is 8.25. The fourth-order valence-electron chi connectivity index (χ4n) is 2.74. The van der Waals surface area contributed by atoms with Crippen LogP contribution in [0.5, 0.6) is 0 Å². The third kappa shape index (κ3) is 3.08. The second-order valence-electron chi connectivity index (χ2n) is 5.95. The minimum Gasteiger partial charge on any atom is -0.462 e. The molecule has 6 heteroatoms. The van der Waals surface area contributed by atoms with Gasteiger partial charge in [0.2, 0.25) is 0 Å². The summed E-state index contributed by atoms with van der Waals surface area (Å²) in [5.41, 5.74) is 0.513. The van der Waals surface area contributed by atoms with Gasteiger partial charge in [-0.3, -0.25) is 9.69 Å². The van der Waals surface area contributed by atoms with E-state index in [9.17, 15) is 4.79 Å². The van der Waals surface area contributed by atoms with Gasteiger partial charge in [-0.1, -0.05) is 0 Å². The Balaban J connectivity index is 1.68. The zero-order valence-corrected chi connectivity index (χ0v) is 13.9. The Morgan fingerprint density at radius 3 is 3.00 bits per heavy atom. The lowest BCUT2D eigenvalue weighted by Crippen LogP contribution is -2.38. The van der Waals surface area contributed by atoms with E-state index in [4.69, 9.17) is 4.42 Å². The second-order valence-corrected chi connectivity index (χ2v) is 7.15. The van der Waals surface area contributed by atoms with Crippen LogP contribution in [-0.4, -0.2) is 41.0 Å². The fraction of sp³-hybridized carbons (Fsp3) is 0.500. The largest absolute Gasteiger partial charge is 0.462 e. The van der Waals surface area contributed by atoms with Gasteiger partial charge in [0.05, 0.1) is 6.26 Å². The normalized spacial score (nSPS) is 19.0. The zero-order chi connectivity index (χ0) is 15.7. The summed E-state index contributed by atoms with van der Waals surface area (Å²) < 4.78 is 5.35. The fourth-order valence-corrected chi connectivity index (χ4v) is 3.62. The van der Waals surface area contributed by atoms with Gasteiger partial charge in [-0.05, 0) is 39.3 Å². The average Bonchev–Trinajstić information content (AvgIpc) is 3.16. The Morgan fingerprint density at radius 1 is 1.55 bits per heavy atom. The van der Waals surface area contributed by atoms with Gasteiger partial charge in [0.25, 0.3) is 5.91 Å². The van der Waals surface area contributed by atoms with E-state index in [1.165, 1.54) is 11.3 Å². The summed E-state index contributed by atoms with van der Waals surface area (Å²) >= 11 is 1.49. The number of furan rings is 1. The Bertz CT molecular complexity index is 648. The van der Waals surface area contributed by atoms with Crippen LogP contribution >= 0.6 is 11.3 Å². The van der Waals surface area contributed by atoms with Crippen molar-refractivity contribution < 1.29 is 9.21 Å². The van der Waals surface area contributed by atoms with Crippen molar-refractivity contribution in [2.45, 2.75) is 39.3 Å². The van der Waals surface area contributed by atoms with Crippen molar-refractivity contribution in [3.8, 4) is 10.8 Å². The standard InChI is InChI=1S/C16H21N3O2S/c1-10(2)19-7-6-12(9-19)17-15(20)14-11(3)22-16(18-14)13-5-4-8-21-13/h4-5,8,10,12H,6-7,9H2,1-3H3,(H,17,20). The number of carbonyl (C=O) groups is 1. The first-order valence-corrected chi connectivity index (χ1v) is 8.42. The van der Waals surface area contributed by atoms with Crippen molar-refractivity contribution in [2.75, 3.05) is 13.1 Å². The highest BCUT2D eigenvalue weighted by atomic mass is 32.1. The SMILES string of the molecule is Cc1sc(-c2ccco2)nc1C(=O)NC1CCN(C(C)C)C1. The van der Waals surface area contributed by atoms with Crippen LogP contribution in [0.15, 0.2) is 22.8 Å². The highest BCUT2D eigenvalue weighted by molar-refractivity contribution is 7.15. The minimum atomic E-state index is -0.0813. The van der Waals surface area contributed by atoms with Crippen molar-refractivity contribution >= 4 is 17.2 Å². The van der Waals surface area contributed by atoms with Crippen LogP contribution in [0.2, 0.25) is 0 Å². The lowest BCUT2D eigenvalue weighted by molar-refractivity contribution is 0.0932. The molecule has 0 spiro atoms. The van der Waals surface area contributed by atoms with Crippen LogP contribution in [0.3, 0.4) is 0 Å². The molecule has 1 atom stereocenters. The van der Waals surface area contributed by atoms with Crippen LogP contribution in [-0.2, 0) is 0 Å². The van der Waals surface area contributed by atoms with Gasteiger partial charge in [-0.15, -0.1) is 11.3 Å². The van der Waals surface area contributed by atoms with Crippen LogP contribution in [0, 0.1) is 6.92 Å². The maximum absolute atomic E-state index is 12.5. The first-order valence-electron chi connectivity index (χ1n) is 7.61. The first-order chi connectivity index (χ1) is 10.5. The zero-order valence-electron chi connectivity index (χ0n) is 13.1. The summed E-state index contributed by atoms with van der Waals surface area (Å²) in [7, 11) is 0. The van der Waals surface area contributed by atoms with Crippen molar-refractivity contribution in [2.24, 2.45) is 0 Å². The Labute approximate surface area is 134 Å². The number of hydrogen-bond acceptors (Lipinski definition) is 5. The quantitative estimate of drug-likeness (QED) is 0.941. The predicted octanol–water partition coefficient (Wildman–Crippen LogP) is 2.92. The second kappa shape index (κ2) is 6.22. The summed E-state index contributed by atoms with van der Waals surface area (Å²) in [4.78, 5) is 20.2. The number of carbonyl (C=O) groups excluding carboxylic acids is 1. The molecule has 1 unspecified atom stereocenters. The molecule has 0 radical (unpaired) electrons. The number of nitrogens with one attached hydrogen (secondary N) is 1. The van der Waals surface area contributed by atoms with Crippen molar-refractivity contribution in [3.05, 3.63) is 29.0 Å². The Kier molecular flexibility index (Phi) is 4.31. The number of rotatable bonds is 4. The number of amides is 1. The molecule has 22 heavy (non-hydrogen) atoms. The van der Waals surface area contributed by atoms with Gasteiger partial charge in [0.1, 0.15) is 5.69 Å². The van der Waals surface area contributed by atoms with Gasteiger partial charge in [0.15, 0.2) is 10.8 Å². The van der Waals surface area contributed by atoms with Gasteiger partial charge < -0.3 is 9.73 Å². The summed E-state index contributed by atoms with van der Waals surface area (Å²) in [6.07, 6.45) is 2.61. The Hall–Kier alpha value is -1.66. The molecule has 1 aliphatic rings. The predicted molar refractivity (Wildman–Crippen MR) is 87.1 cm³/mol. The monoisotopic (exact) mass is 319 g/mol. The van der Waals surface area contributed by atoms with E-state index in [0.717, 1.165) is 29.4 Å². The highest BCUT2D eigenvalue weighted by Gasteiger charge is 2.27. The molecule has 0 aliphatic carbocycles. The molecule has 1 aliphatic heterocycles. The van der Waals surface area contributed by atoms with Crippen molar-refractivity contribution in [1.82, 2.24) is 15.2 Å². The molecule has 0 bridgehead atoms. The van der Waals surface area contributed by atoms with E-state index in [1.54, 1.807) is 6.26 Å². The van der Waals surface area contributed by atoms with E-state index in [0.29, 0.717) is 17.5 Å². The maximum atomic E-state index is 12.5. The molecule has 118 valence electrons. The molecule has 0 saturated carbocycles. The molecule has 0 aromatic carbocycles. The van der Waals surface area contributed by atoms with E-state index >= 15 is 0 Å². The average molecular weight is 319 g/mol. The van der Waals surface area contributed by atoms with E-state index in [2.05, 4.69) is 29.0 Å². The smallest absolute Gasteiger partial charge is 0.271 e. The molecule has 1 saturated heterocycles. The van der Waals surface area contributed by atoms with E-state index in [1.807, 2.05) is 19.1 Å². The summed E-state index contributed by atoms with van der Waals surface area (Å²) in [6, 6.07) is 4.42. The summed E-state index contributed by atoms with van der Waals surface area (Å²) in [5.74, 6) is 0.626. The number of likely N-dealkylation sites (tertiary alicyclic amines) is 1. The molecule has 1 fully saturated rings. The van der Waals surface area contributed by atoms with Gasteiger partial charge in [0, 0.05) is 30.1 Å². The van der Waals surface area contributed by atoms with Crippen LogP contribution < -0.4 is 5.32 Å². The number of thiazole rings is 1. The third-order valence-corrected chi connectivity index (χ3v) is 5.01. The highest BCUT2D eigenvalue weighted by Crippen LogP contribution is 2.28. The molecule has 3 heterocycles. The van der Waals surface area contributed by atoms with Crippen molar-refractivity contribution in [3.63, 3.8) is 0 Å². The maximum Gasteiger partial charge on any atom is 0.271 e. The molecular formula is C16H21N3O2S. The number of nitrogens with zero attached hydrogens (tertiary/aromatic N) is 2. The minimum absolute atomic E-state index is 0.0813. The molecular weight excluding hydrogens is 298 g/mol. The molecule has 2 aromatic heterocycles. The van der Waals surface area contributed by atoms with E-state index < -0.39 is 0 Å². The van der Waals surface area contributed by atoms with Gasteiger partial charge in [-0.25, -0.2) is 4.98 Å². The molecule has 1 amide bonds. The lowest BCUT2D eigenvalue weighted by Gasteiger charge is -2.20. The van der Waals surface area contributed by atoms with Gasteiger partial charge >= 0.3 is 0 Å². The number of hydrogen-bond donors (Lipinski definition) is 1. The van der Waals surface area contributed by atoms with Crippen molar-refractivity contribution in [1.29, 1.82) is 0 Å². The summed E-state index contributed by atoms with van der Waals surface area (Å²) in [5, 5.41) is 3.87. The molecule has 1 N–H and O–H groups in total. The van der Waals surface area contributed by atoms with E-state index in [-0.39, 0.29) is 11.9 Å². The number of aromatic nitrogens is 1. The lowest BCUT2D eigenvalue weighted by atomic mass is 10.2. The molecule has 5 nitrogen and oxygen atoms in total. The first kappa shape index (κ1) is 15.2. The van der Waals surface area contributed by atoms with Gasteiger partial charge in [-0.2, -0.15) is 0 Å². The van der Waals surface area contributed by atoms with Crippen LogP contribution in [0.1, 0.15) is 35.6 Å². The number of aryl methyl sites for hydroxylation is 1. The van der Waals surface area contributed by atoms with Crippen LogP contribution in [0.4, 0.5) is 0 Å². The third-order valence-electron chi connectivity index (χ3n) is 4.03.